The van der Waals surface area contributed by atoms with Gasteiger partial charge in [-0.1, -0.05) is 78.2 Å². The number of rotatable bonds is 10. The lowest BCUT2D eigenvalue weighted by Crippen LogP contribution is -2.49. The number of carbonyl (C=O) groups excluding carboxylic acids is 2. The quantitative estimate of drug-likeness (QED) is 0.239. The molecule has 3 saturated carbocycles. The first kappa shape index (κ1) is 26.0. The minimum Gasteiger partial charge on any atom is -0.462 e. The van der Waals surface area contributed by atoms with E-state index in [-0.39, 0.29) is 22.9 Å². The third kappa shape index (κ3) is 5.34. The fraction of sp³-hybridized carbons (Fsp3) is 0.871. The first-order chi connectivity index (χ1) is 16.3. The second kappa shape index (κ2) is 10.9. The summed E-state index contributed by atoms with van der Waals surface area (Å²) in [7, 11) is 0. The molecule has 0 N–H and O–H groups in total. The van der Waals surface area contributed by atoms with E-state index in [0.29, 0.717) is 24.0 Å². The number of allylic oxidation sites excluding steroid dienone is 1. The lowest BCUT2D eigenvalue weighted by atomic mass is 9.50. The molecular weight excluding hydrogens is 420 g/mol. The Hall–Kier alpha value is -1.12. The smallest absolute Gasteiger partial charge is 0.306 e. The number of unbranched alkanes of at least 4 members (excludes halogenated alkanes) is 7. The van der Waals surface area contributed by atoms with E-state index in [4.69, 9.17) is 4.74 Å². The number of fused-ring (bicyclic) bond motifs is 5. The van der Waals surface area contributed by atoms with Gasteiger partial charge in [-0.05, 0) is 81.1 Å². The van der Waals surface area contributed by atoms with Crippen molar-refractivity contribution in [3.05, 3.63) is 11.6 Å². The molecule has 0 saturated heterocycles. The Kier molecular flexibility index (Phi) is 8.30. The Balaban J connectivity index is 1.27. The van der Waals surface area contributed by atoms with Crippen LogP contribution in [0.25, 0.3) is 0 Å². The maximum Gasteiger partial charge on any atom is 0.306 e. The molecule has 0 bridgehead atoms. The molecule has 34 heavy (non-hydrogen) atoms. The number of carbonyl (C=O) groups is 2. The fourth-order valence-corrected chi connectivity index (χ4v) is 8.27. The van der Waals surface area contributed by atoms with Gasteiger partial charge in [0.1, 0.15) is 6.10 Å². The van der Waals surface area contributed by atoms with Gasteiger partial charge in [-0.15, -0.1) is 0 Å². The molecule has 0 aromatic heterocycles. The first-order valence-corrected chi connectivity index (χ1v) is 14.7. The van der Waals surface area contributed by atoms with E-state index in [1.165, 1.54) is 69.8 Å². The van der Waals surface area contributed by atoms with Crippen LogP contribution in [0.2, 0.25) is 0 Å². The van der Waals surface area contributed by atoms with Crippen molar-refractivity contribution >= 4 is 11.8 Å². The molecule has 3 heteroatoms. The molecule has 0 spiro atoms. The van der Waals surface area contributed by atoms with Crippen molar-refractivity contribution in [2.45, 2.75) is 137 Å². The molecule has 3 nitrogen and oxygen atoms in total. The first-order valence-electron chi connectivity index (χ1n) is 14.7. The summed E-state index contributed by atoms with van der Waals surface area (Å²) < 4.78 is 6.18. The van der Waals surface area contributed by atoms with Gasteiger partial charge in [-0.3, -0.25) is 9.59 Å². The summed E-state index contributed by atoms with van der Waals surface area (Å²) >= 11 is 0. The van der Waals surface area contributed by atoms with Crippen LogP contribution in [0.4, 0.5) is 0 Å². The van der Waals surface area contributed by atoms with E-state index in [9.17, 15) is 9.59 Å². The molecule has 4 rings (SSSR count). The van der Waals surface area contributed by atoms with Crippen LogP contribution in [0.1, 0.15) is 130 Å². The molecular formula is C31H50O3. The van der Waals surface area contributed by atoms with Crippen molar-refractivity contribution < 1.29 is 14.3 Å². The number of esters is 1. The summed E-state index contributed by atoms with van der Waals surface area (Å²) in [6.45, 7) is 8.95. The SMILES string of the molecule is CCCCCCCCCCC(=O)O[C@H]1CC[C@H]2[C@@H]3CCC4=CC(=O)C(C)(C)C[C@@H]4[C@H]3CC[C@]12C. The largest absolute Gasteiger partial charge is 0.462 e. The number of ketones is 1. The van der Waals surface area contributed by atoms with Crippen LogP contribution in [0.5, 0.6) is 0 Å². The normalized spacial score (nSPS) is 36.3. The van der Waals surface area contributed by atoms with Gasteiger partial charge in [0.15, 0.2) is 5.78 Å². The summed E-state index contributed by atoms with van der Waals surface area (Å²) in [4.78, 5) is 25.3. The molecule has 0 amide bonds. The van der Waals surface area contributed by atoms with Crippen molar-refractivity contribution in [2.75, 3.05) is 0 Å². The zero-order chi connectivity index (χ0) is 24.3. The molecule has 4 aliphatic rings. The van der Waals surface area contributed by atoms with E-state index < -0.39 is 0 Å². The number of hydrogen-bond donors (Lipinski definition) is 0. The van der Waals surface area contributed by atoms with Crippen LogP contribution >= 0.6 is 0 Å². The van der Waals surface area contributed by atoms with Crippen molar-refractivity contribution in [1.82, 2.24) is 0 Å². The zero-order valence-electron chi connectivity index (χ0n) is 22.5. The summed E-state index contributed by atoms with van der Waals surface area (Å²) in [6.07, 6.45) is 20.8. The summed E-state index contributed by atoms with van der Waals surface area (Å²) in [5, 5.41) is 0. The zero-order valence-corrected chi connectivity index (χ0v) is 22.5. The van der Waals surface area contributed by atoms with Crippen molar-refractivity contribution in [3.63, 3.8) is 0 Å². The Bertz CT molecular complexity index is 765. The molecule has 0 radical (unpaired) electrons. The second-order valence-electron chi connectivity index (χ2n) is 13.1. The molecule has 0 aromatic rings. The Morgan fingerprint density at radius 3 is 2.38 bits per heavy atom. The van der Waals surface area contributed by atoms with E-state index in [2.05, 4.69) is 27.7 Å². The van der Waals surface area contributed by atoms with Gasteiger partial charge in [-0.25, -0.2) is 0 Å². The third-order valence-corrected chi connectivity index (χ3v) is 10.4. The van der Waals surface area contributed by atoms with Crippen LogP contribution < -0.4 is 0 Å². The van der Waals surface area contributed by atoms with Crippen molar-refractivity contribution in [2.24, 2.45) is 34.5 Å². The van der Waals surface area contributed by atoms with E-state index in [1.807, 2.05) is 6.08 Å². The predicted molar refractivity (Wildman–Crippen MR) is 138 cm³/mol. The third-order valence-electron chi connectivity index (χ3n) is 10.4. The topological polar surface area (TPSA) is 43.4 Å². The van der Waals surface area contributed by atoms with Gasteiger partial charge in [0.25, 0.3) is 0 Å². The fourth-order valence-electron chi connectivity index (χ4n) is 8.27. The average Bonchev–Trinajstić information content (AvgIpc) is 3.12. The Morgan fingerprint density at radius 2 is 1.65 bits per heavy atom. The minimum absolute atomic E-state index is 0.0430. The van der Waals surface area contributed by atoms with Crippen molar-refractivity contribution in [1.29, 1.82) is 0 Å². The van der Waals surface area contributed by atoms with Gasteiger partial charge >= 0.3 is 5.97 Å². The van der Waals surface area contributed by atoms with Crippen LogP contribution in [0.3, 0.4) is 0 Å². The summed E-state index contributed by atoms with van der Waals surface area (Å²) in [5.74, 6) is 3.11. The highest BCUT2D eigenvalue weighted by Gasteiger charge is 2.58. The van der Waals surface area contributed by atoms with Crippen LogP contribution in [-0.2, 0) is 14.3 Å². The average molecular weight is 471 g/mol. The van der Waals surface area contributed by atoms with Gasteiger partial charge in [0.2, 0.25) is 0 Å². The molecule has 0 aliphatic heterocycles. The summed E-state index contributed by atoms with van der Waals surface area (Å²) in [6, 6.07) is 0. The van der Waals surface area contributed by atoms with Crippen molar-refractivity contribution in [3.8, 4) is 0 Å². The van der Waals surface area contributed by atoms with E-state index >= 15 is 0 Å². The maximum atomic E-state index is 12.7. The van der Waals surface area contributed by atoms with E-state index in [0.717, 1.165) is 43.9 Å². The molecule has 0 unspecified atom stereocenters. The Morgan fingerprint density at radius 1 is 0.941 bits per heavy atom. The lowest BCUT2D eigenvalue weighted by Gasteiger charge is -2.54. The van der Waals surface area contributed by atoms with Gasteiger partial charge in [-0.2, -0.15) is 0 Å². The Labute approximate surface area is 208 Å². The van der Waals surface area contributed by atoms with Crippen LogP contribution in [0, 0.1) is 34.5 Å². The number of ether oxygens (including phenoxy) is 1. The van der Waals surface area contributed by atoms with Crippen LogP contribution in [0.15, 0.2) is 11.6 Å². The second-order valence-corrected chi connectivity index (χ2v) is 13.1. The van der Waals surface area contributed by atoms with Gasteiger partial charge < -0.3 is 4.74 Å². The molecule has 6 atom stereocenters. The molecule has 4 aliphatic carbocycles. The monoisotopic (exact) mass is 470 g/mol. The summed E-state index contributed by atoms with van der Waals surface area (Å²) in [5.41, 5.74) is 1.39. The highest BCUT2D eigenvalue weighted by atomic mass is 16.5. The predicted octanol–water partition coefficient (Wildman–Crippen LogP) is 8.21. The van der Waals surface area contributed by atoms with Gasteiger partial charge in [0, 0.05) is 17.3 Å². The molecule has 0 aromatic carbocycles. The standard InChI is InChI=1S/C31H50O3/c1-5-6-7-8-9-10-11-12-13-29(33)34-28-17-16-26-24-15-14-22-20-27(32)30(2,3)21-25(22)23(24)18-19-31(26,28)4/h20,23-26,28H,5-19,21H2,1-4H3/t23-,24+,25-,26-,28-,31-/m0/s1. The number of hydrogen-bond acceptors (Lipinski definition) is 3. The maximum absolute atomic E-state index is 12.7. The molecule has 192 valence electrons. The molecule has 3 fully saturated rings. The lowest BCUT2D eigenvalue weighted by molar-refractivity contribution is -0.159. The highest BCUT2D eigenvalue weighted by molar-refractivity contribution is 5.96. The van der Waals surface area contributed by atoms with Crippen LogP contribution in [-0.4, -0.2) is 17.9 Å². The van der Waals surface area contributed by atoms with E-state index in [1.54, 1.807) is 0 Å². The minimum atomic E-state index is -0.208. The molecule has 0 heterocycles. The highest BCUT2D eigenvalue weighted by Crippen LogP contribution is 2.63. The van der Waals surface area contributed by atoms with Gasteiger partial charge in [0.05, 0.1) is 0 Å².